The van der Waals surface area contributed by atoms with Crippen molar-refractivity contribution in [2.24, 2.45) is 0 Å². The minimum absolute atomic E-state index is 0.138. The molecule has 2 aromatic rings. The Morgan fingerprint density at radius 3 is 2.05 bits per heavy atom. The summed E-state index contributed by atoms with van der Waals surface area (Å²) in [5.74, 6) is -0.138. The summed E-state index contributed by atoms with van der Waals surface area (Å²) in [6.07, 6.45) is 0.265. The normalized spacial score (nSPS) is 10.3. The topological polar surface area (TPSA) is 29.1 Å². The molecule has 98 valence electrons. The number of halogens is 3. The van der Waals surface area contributed by atoms with Gasteiger partial charge in [-0.2, -0.15) is 0 Å². The van der Waals surface area contributed by atoms with Gasteiger partial charge in [-0.15, -0.1) is 0 Å². The zero-order chi connectivity index (χ0) is 13.8. The average Bonchev–Trinajstić information content (AvgIpc) is 2.30. The maximum atomic E-state index is 11.9. The lowest BCUT2D eigenvalue weighted by Crippen LogP contribution is -2.14. The smallest absolute Gasteiger partial charge is 0.228 e. The highest BCUT2D eigenvalue weighted by Gasteiger charge is 2.05. The van der Waals surface area contributed by atoms with Crippen LogP contribution in [0.15, 0.2) is 42.5 Å². The van der Waals surface area contributed by atoms with Crippen LogP contribution in [0.1, 0.15) is 5.56 Å². The molecule has 5 heteroatoms. The Balaban J connectivity index is 2.03. The minimum Gasteiger partial charge on any atom is -0.326 e. The van der Waals surface area contributed by atoms with E-state index >= 15 is 0 Å². The summed E-state index contributed by atoms with van der Waals surface area (Å²) in [5, 5.41) is 4.35. The van der Waals surface area contributed by atoms with Crippen LogP contribution < -0.4 is 5.32 Å². The van der Waals surface area contributed by atoms with Gasteiger partial charge in [0.2, 0.25) is 5.91 Å². The Kier molecular flexibility index (Phi) is 4.70. The fourth-order valence-electron chi connectivity index (χ4n) is 1.62. The lowest BCUT2D eigenvalue weighted by atomic mass is 10.1. The molecule has 2 aromatic carbocycles. The highest BCUT2D eigenvalue weighted by Crippen LogP contribution is 2.22. The maximum Gasteiger partial charge on any atom is 0.228 e. The first-order chi connectivity index (χ1) is 9.02. The molecule has 0 saturated heterocycles. The van der Waals surface area contributed by atoms with Gasteiger partial charge in [-0.05, 0) is 35.9 Å². The third-order valence-corrected chi connectivity index (χ3v) is 3.11. The summed E-state index contributed by atoms with van der Waals surface area (Å²) in [7, 11) is 0. The van der Waals surface area contributed by atoms with Gasteiger partial charge >= 0.3 is 0 Å². The SMILES string of the molecule is O=C(Cc1ccc(Cl)cc1)Nc1cc(Cl)cc(Cl)c1. The number of carbonyl (C=O) groups is 1. The van der Waals surface area contributed by atoms with Crippen LogP contribution in [0, 0.1) is 0 Å². The third-order valence-electron chi connectivity index (χ3n) is 2.42. The van der Waals surface area contributed by atoms with Gasteiger partial charge < -0.3 is 5.32 Å². The van der Waals surface area contributed by atoms with E-state index in [0.717, 1.165) is 5.56 Å². The molecule has 1 amide bonds. The first-order valence-electron chi connectivity index (χ1n) is 5.53. The number of rotatable bonds is 3. The van der Waals surface area contributed by atoms with Crippen molar-refractivity contribution < 1.29 is 4.79 Å². The second kappa shape index (κ2) is 6.29. The average molecular weight is 315 g/mol. The van der Waals surface area contributed by atoms with Crippen LogP contribution in [0.25, 0.3) is 0 Å². The van der Waals surface area contributed by atoms with E-state index in [4.69, 9.17) is 34.8 Å². The van der Waals surface area contributed by atoms with Gasteiger partial charge in [-0.1, -0.05) is 46.9 Å². The summed E-state index contributed by atoms with van der Waals surface area (Å²) in [6, 6.07) is 12.0. The number of benzene rings is 2. The quantitative estimate of drug-likeness (QED) is 0.864. The molecule has 0 aliphatic carbocycles. The largest absolute Gasteiger partial charge is 0.326 e. The van der Waals surface area contributed by atoms with Crippen molar-refractivity contribution in [3.63, 3.8) is 0 Å². The Hall–Kier alpha value is -1.22. The number of hydrogen-bond acceptors (Lipinski definition) is 1. The number of hydrogen-bond donors (Lipinski definition) is 1. The van der Waals surface area contributed by atoms with Gasteiger partial charge in [-0.3, -0.25) is 4.79 Å². The van der Waals surface area contributed by atoms with Crippen molar-refractivity contribution in [3.05, 3.63) is 63.1 Å². The molecular formula is C14H10Cl3NO. The molecule has 0 fully saturated rings. The van der Waals surface area contributed by atoms with Crippen molar-refractivity contribution in [2.75, 3.05) is 5.32 Å². The Morgan fingerprint density at radius 2 is 1.47 bits per heavy atom. The predicted molar refractivity (Wildman–Crippen MR) is 80.2 cm³/mol. The Labute approximate surface area is 126 Å². The van der Waals surface area contributed by atoms with E-state index in [1.165, 1.54) is 0 Å². The molecule has 0 saturated carbocycles. The summed E-state index contributed by atoms with van der Waals surface area (Å²) in [5.41, 5.74) is 1.46. The first kappa shape index (κ1) is 14.2. The zero-order valence-corrected chi connectivity index (χ0v) is 12.1. The molecule has 2 nitrogen and oxygen atoms in total. The highest BCUT2D eigenvalue weighted by molar-refractivity contribution is 6.35. The molecule has 0 spiro atoms. The molecule has 0 bridgehead atoms. The van der Waals surface area contributed by atoms with Crippen molar-refractivity contribution in [1.29, 1.82) is 0 Å². The Bertz CT molecular complexity index is 576. The summed E-state index contributed by atoms with van der Waals surface area (Å²) in [6.45, 7) is 0. The van der Waals surface area contributed by atoms with Gasteiger partial charge in [0.05, 0.1) is 6.42 Å². The van der Waals surface area contributed by atoms with Gasteiger partial charge in [0.15, 0.2) is 0 Å². The van der Waals surface area contributed by atoms with Gasteiger partial charge in [-0.25, -0.2) is 0 Å². The van der Waals surface area contributed by atoms with E-state index in [1.807, 2.05) is 12.1 Å². The van der Waals surface area contributed by atoms with E-state index in [-0.39, 0.29) is 12.3 Å². The van der Waals surface area contributed by atoms with Gasteiger partial charge in [0, 0.05) is 20.8 Å². The lowest BCUT2D eigenvalue weighted by Gasteiger charge is -2.06. The number of carbonyl (C=O) groups excluding carboxylic acids is 1. The molecule has 0 radical (unpaired) electrons. The van der Waals surface area contributed by atoms with Crippen LogP contribution in [0.4, 0.5) is 5.69 Å². The van der Waals surface area contributed by atoms with Crippen molar-refractivity contribution in [3.8, 4) is 0 Å². The van der Waals surface area contributed by atoms with Crippen LogP contribution >= 0.6 is 34.8 Å². The third kappa shape index (κ3) is 4.43. The van der Waals surface area contributed by atoms with Crippen LogP contribution in [0.2, 0.25) is 15.1 Å². The second-order valence-corrected chi connectivity index (χ2v) is 5.32. The van der Waals surface area contributed by atoms with Crippen LogP contribution in [-0.2, 0) is 11.2 Å². The van der Waals surface area contributed by atoms with Crippen molar-refractivity contribution in [1.82, 2.24) is 0 Å². The first-order valence-corrected chi connectivity index (χ1v) is 6.67. The maximum absolute atomic E-state index is 11.9. The van der Waals surface area contributed by atoms with Crippen molar-refractivity contribution >= 4 is 46.4 Å². The van der Waals surface area contributed by atoms with E-state index < -0.39 is 0 Å². The second-order valence-electron chi connectivity index (χ2n) is 4.01. The molecule has 0 aromatic heterocycles. The van der Waals surface area contributed by atoms with E-state index in [0.29, 0.717) is 20.8 Å². The standard InChI is InChI=1S/C14H10Cl3NO/c15-10-3-1-9(2-4-10)5-14(19)18-13-7-11(16)6-12(17)8-13/h1-4,6-8H,5H2,(H,18,19). The predicted octanol–water partition coefficient (Wildman–Crippen LogP) is 4.83. The molecule has 2 rings (SSSR count). The minimum atomic E-state index is -0.138. The van der Waals surface area contributed by atoms with Crippen LogP contribution in [-0.4, -0.2) is 5.91 Å². The fourth-order valence-corrected chi connectivity index (χ4v) is 2.27. The van der Waals surface area contributed by atoms with Crippen LogP contribution in [0.5, 0.6) is 0 Å². The molecule has 0 aliphatic heterocycles. The van der Waals surface area contributed by atoms with Crippen LogP contribution in [0.3, 0.4) is 0 Å². The zero-order valence-electron chi connectivity index (χ0n) is 9.79. The summed E-state index contributed by atoms with van der Waals surface area (Å²) < 4.78 is 0. The van der Waals surface area contributed by atoms with E-state index in [9.17, 15) is 4.79 Å². The monoisotopic (exact) mass is 313 g/mol. The molecule has 0 heterocycles. The van der Waals surface area contributed by atoms with E-state index in [1.54, 1.807) is 30.3 Å². The highest BCUT2D eigenvalue weighted by atomic mass is 35.5. The summed E-state index contributed by atoms with van der Waals surface area (Å²) in [4.78, 5) is 11.9. The number of nitrogens with one attached hydrogen (secondary N) is 1. The lowest BCUT2D eigenvalue weighted by molar-refractivity contribution is -0.115. The fraction of sp³-hybridized carbons (Fsp3) is 0.0714. The molecule has 0 aliphatic rings. The Morgan fingerprint density at radius 1 is 0.895 bits per heavy atom. The van der Waals surface area contributed by atoms with E-state index in [2.05, 4.69) is 5.32 Å². The van der Waals surface area contributed by atoms with Gasteiger partial charge in [0.1, 0.15) is 0 Å². The number of anilines is 1. The molecule has 19 heavy (non-hydrogen) atoms. The van der Waals surface area contributed by atoms with Crippen molar-refractivity contribution in [2.45, 2.75) is 6.42 Å². The number of amides is 1. The molecule has 1 N–H and O–H groups in total. The molecule has 0 atom stereocenters. The summed E-state index contributed by atoms with van der Waals surface area (Å²) >= 11 is 17.5. The molecular weight excluding hydrogens is 305 g/mol. The van der Waals surface area contributed by atoms with Gasteiger partial charge in [0.25, 0.3) is 0 Å². The molecule has 0 unspecified atom stereocenters.